The molecule has 0 fully saturated rings. The molecule has 1 aliphatic heterocycles. The first-order valence-electron chi connectivity index (χ1n) is 8.00. The molecule has 1 atom stereocenters. The van der Waals surface area contributed by atoms with Crippen LogP contribution >= 0.6 is 0 Å². The first-order chi connectivity index (χ1) is 10.3. The van der Waals surface area contributed by atoms with E-state index in [9.17, 15) is 4.79 Å². The molecule has 21 heavy (non-hydrogen) atoms. The second-order valence-corrected chi connectivity index (χ2v) is 5.44. The fraction of sp³-hybridized carbons (Fsp3) is 0.588. The average molecular weight is 290 g/mol. The van der Waals surface area contributed by atoms with Crippen LogP contribution in [0.2, 0.25) is 0 Å². The molecule has 4 nitrogen and oxygen atoms in total. The summed E-state index contributed by atoms with van der Waals surface area (Å²) < 4.78 is 5.66. The van der Waals surface area contributed by atoms with E-state index in [0.717, 1.165) is 32.4 Å². The van der Waals surface area contributed by atoms with Crippen LogP contribution in [0, 0.1) is 0 Å². The number of nitrogens with zero attached hydrogens (tertiary/aromatic N) is 1. The highest BCUT2D eigenvalue weighted by Crippen LogP contribution is 2.22. The number of amides is 1. The third-order valence-electron chi connectivity index (χ3n) is 3.99. The molecule has 0 saturated heterocycles. The number of ether oxygens (including phenoxy) is 1. The lowest BCUT2D eigenvalue weighted by Crippen LogP contribution is -2.35. The van der Waals surface area contributed by atoms with E-state index in [1.807, 2.05) is 29.2 Å². The van der Waals surface area contributed by atoms with Gasteiger partial charge in [-0.25, -0.2) is 0 Å². The maximum Gasteiger partial charge on any atom is 0.257 e. The Balaban J connectivity index is 1.91. The first kappa shape index (κ1) is 15.8. The van der Waals surface area contributed by atoms with Gasteiger partial charge in [-0.2, -0.15) is 0 Å². The van der Waals surface area contributed by atoms with E-state index < -0.39 is 0 Å². The number of hydrogen-bond acceptors (Lipinski definition) is 3. The van der Waals surface area contributed by atoms with Crippen molar-refractivity contribution in [2.75, 3.05) is 26.2 Å². The maximum absolute atomic E-state index is 12.5. The van der Waals surface area contributed by atoms with Crippen LogP contribution in [-0.2, 0) is 0 Å². The van der Waals surface area contributed by atoms with Crippen LogP contribution in [0.3, 0.4) is 0 Å². The fourth-order valence-corrected chi connectivity index (χ4v) is 2.79. The smallest absolute Gasteiger partial charge is 0.257 e. The Labute approximate surface area is 127 Å². The minimum Gasteiger partial charge on any atom is -0.491 e. The Bertz CT molecular complexity index is 462. The van der Waals surface area contributed by atoms with Crippen molar-refractivity contribution in [2.24, 2.45) is 0 Å². The molecule has 116 valence electrons. The molecule has 1 N–H and O–H groups in total. The van der Waals surface area contributed by atoms with Crippen molar-refractivity contribution in [2.45, 2.75) is 39.2 Å². The van der Waals surface area contributed by atoms with Crippen LogP contribution in [0.25, 0.3) is 0 Å². The minimum absolute atomic E-state index is 0.0969. The summed E-state index contributed by atoms with van der Waals surface area (Å²) >= 11 is 0. The molecule has 0 aromatic heterocycles. The third kappa shape index (κ3) is 4.21. The summed E-state index contributed by atoms with van der Waals surface area (Å²) in [7, 11) is 0. The fourth-order valence-electron chi connectivity index (χ4n) is 2.79. The highest BCUT2D eigenvalue weighted by Gasteiger charge is 2.22. The monoisotopic (exact) mass is 290 g/mol. The lowest BCUT2D eigenvalue weighted by atomic mass is 10.1. The van der Waals surface area contributed by atoms with Gasteiger partial charge in [0, 0.05) is 12.6 Å². The Hall–Kier alpha value is -1.55. The molecule has 4 heteroatoms. The molecular formula is C17H26N2O2. The first-order valence-corrected chi connectivity index (χ1v) is 8.00. The van der Waals surface area contributed by atoms with Crippen molar-refractivity contribution < 1.29 is 9.53 Å². The van der Waals surface area contributed by atoms with E-state index in [0.29, 0.717) is 30.5 Å². The number of para-hydroxylation sites is 1. The van der Waals surface area contributed by atoms with Gasteiger partial charge >= 0.3 is 0 Å². The van der Waals surface area contributed by atoms with Crippen molar-refractivity contribution in [3.8, 4) is 5.75 Å². The SMILES string of the molecule is CCNC(CC)CCCN1CCOc2ccccc2C1=O. The number of hydrogen-bond donors (Lipinski definition) is 1. The van der Waals surface area contributed by atoms with E-state index in [1.54, 1.807) is 0 Å². The third-order valence-corrected chi connectivity index (χ3v) is 3.99. The number of carbonyl (C=O) groups excluding carboxylic acids is 1. The summed E-state index contributed by atoms with van der Waals surface area (Å²) in [5.74, 6) is 0.809. The van der Waals surface area contributed by atoms with Crippen molar-refractivity contribution in [1.82, 2.24) is 10.2 Å². The molecule has 1 aromatic rings. The molecule has 1 heterocycles. The maximum atomic E-state index is 12.5. The number of fused-ring (bicyclic) bond motifs is 1. The summed E-state index contributed by atoms with van der Waals surface area (Å²) in [6.45, 7) is 7.39. The molecule has 0 saturated carbocycles. The average Bonchev–Trinajstić information content (AvgIpc) is 2.67. The predicted molar refractivity (Wildman–Crippen MR) is 84.8 cm³/mol. The van der Waals surface area contributed by atoms with Crippen molar-refractivity contribution >= 4 is 5.91 Å². The van der Waals surface area contributed by atoms with E-state index in [2.05, 4.69) is 19.2 Å². The van der Waals surface area contributed by atoms with Crippen LogP contribution < -0.4 is 10.1 Å². The number of rotatable bonds is 7. The molecule has 0 aliphatic carbocycles. The Kier molecular flexibility index (Phi) is 6.05. The van der Waals surface area contributed by atoms with Crippen LogP contribution in [0.4, 0.5) is 0 Å². The molecule has 0 radical (unpaired) electrons. The molecule has 2 rings (SSSR count). The molecule has 1 aromatic carbocycles. The van der Waals surface area contributed by atoms with Gasteiger partial charge in [0.2, 0.25) is 0 Å². The molecule has 1 amide bonds. The number of carbonyl (C=O) groups is 1. The summed E-state index contributed by atoms with van der Waals surface area (Å²) in [4.78, 5) is 14.5. The molecular weight excluding hydrogens is 264 g/mol. The van der Waals surface area contributed by atoms with Gasteiger partial charge in [0.25, 0.3) is 5.91 Å². The van der Waals surface area contributed by atoms with E-state index >= 15 is 0 Å². The zero-order valence-corrected chi connectivity index (χ0v) is 13.1. The summed E-state index contributed by atoms with van der Waals surface area (Å²) in [6, 6.07) is 8.07. The van der Waals surface area contributed by atoms with E-state index in [-0.39, 0.29) is 5.91 Å². The Morgan fingerprint density at radius 3 is 2.90 bits per heavy atom. The second kappa shape index (κ2) is 8.03. The van der Waals surface area contributed by atoms with Crippen molar-refractivity contribution in [1.29, 1.82) is 0 Å². The van der Waals surface area contributed by atoms with Crippen molar-refractivity contribution in [3.63, 3.8) is 0 Å². The molecule has 1 aliphatic rings. The normalized spacial score (nSPS) is 16.1. The topological polar surface area (TPSA) is 41.6 Å². The van der Waals surface area contributed by atoms with E-state index in [4.69, 9.17) is 4.74 Å². The van der Waals surface area contributed by atoms with E-state index in [1.165, 1.54) is 0 Å². The van der Waals surface area contributed by atoms with Gasteiger partial charge in [-0.05, 0) is 37.9 Å². The minimum atomic E-state index is 0.0969. The van der Waals surface area contributed by atoms with Gasteiger partial charge < -0.3 is 15.0 Å². The second-order valence-electron chi connectivity index (χ2n) is 5.44. The lowest BCUT2D eigenvalue weighted by Gasteiger charge is -2.22. The van der Waals surface area contributed by atoms with Gasteiger partial charge in [0.15, 0.2) is 0 Å². The van der Waals surface area contributed by atoms with Gasteiger partial charge in [-0.15, -0.1) is 0 Å². The zero-order valence-electron chi connectivity index (χ0n) is 13.1. The van der Waals surface area contributed by atoms with Gasteiger partial charge in [-0.3, -0.25) is 4.79 Å². The molecule has 0 bridgehead atoms. The molecule has 1 unspecified atom stereocenters. The Morgan fingerprint density at radius 2 is 2.14 bits per heavy atom. The van der Waals surface area contributed by atoms with Crippen LogP contribution in [-0.4, -0.2) is 43.1 Å². The van der Waals surface area contributed by atoms with Crippen LogP contribution in [0.1, 0.15) is 43.5 Å². The van der Waals surface area contributed by atoms with Gasteiger partial charge in [0.1, 0.15) is 12.4 Å². The van der Waals surface area contributed by atoms with Crippen LogP contribution in [0.5, 0.6) is 5.75 Å². The highest BCUT2D eigenvalue weighted by atomic mass is 16.5. The summed E-state index contributed by atoms with van der Waals surface area (Å²) in [5.41, 5.74) is 0.689. The van der Waals surface area contributed by atoms with Gasteiger partial charge in [0.05, 0.1) is 12.1 Å². The standard InChI is InChI=1S/C17H26N2O2/c1-3-14(18-4-2)8-7-11-19-12-13-21-16-10-6-5-9-15(16)17(19)20/h5-6,9-10,14,18H,3-4,7-8,11-13H2,1-2H3. The number of nitrogens with one attached hydrogen (secondary N) is 1. The largest absolute Gasteiger partial charge is 0.491 e. The van der Waals surface area contributed by atoms with Gasteiger partial charge in [-0.1, -0.05) is 26.0 Å². The molecule has 0 spiro atoms. The summed E-state index contributed by atoms with van der Waals surface area (Å²) in [5, 5.41) is 3.48. The predicted octanol–water partition coefficient (Wildman–Crippen LogP) is 2.69. The lowest BCUT2D eigenvalue weighted by molar-refractivity contribution is 0.0751. The zero-order chi connectivity index (χ0) is 15.1. The highest BCUT2D eigenvalue weighted by molar-refractivity contribution is 5.97. The Morgan fingerprint density at radius 1 is 1.33 bits per heavy atom. The summed E-state index contributed by atoms with van der Waals surface area (Å²) in [6.07, 6.45) is 3.27. The van der Waals surface area contributed by atoms with Crippen LogP contribution in [0.15, 0.2) is 24.3 Å². The quantitative estimate of drug-likeness (QED) is 0.839. The van der Waals surface area contributed by atoms with Crippen molar-refractivity contribution in [3.05, 3.63) is 29.8 Å². The number of benzene rings is 1.